The molecular formula is C12H9BrN2O4. The van der Waals surface area contributed by atoms with Crippen LogP contribution >= 0.6 is 15.9 Å². The van der Waals surface area contributed by atoms with Gasteiger partial charge in [0.2, 0.25) is 0 Å². The molecule has 2 aromatic rings. The first-order valence-electron chi connectivity index (χ1n) is 5.21. The normalized spacial score (nSPS) is 10.0. The molecule has 0 fully saturated rings. The molecule has 0 atom stereocenters. The molecule has 1 aromatic heterocycles. The number of nitro groups is 1. The van der Waals surface area contributed by atoms with E-state index < -0.39 is 4.92 Å². The lowest BCUT2D eigenvalue weighted by molar-refractivity contribution is -0.385. The Hall–Kier alpha value is -2.15. The van der Waals surface area contributed by atoms with Crippen molar-refractivity contribution in [2.45, 2.75) is 0 Å². The number of hydrogen-bond acceptors (Lipinski definition) is 5. The molecule has 0 amide bonds. The lowest BCUT2D eigenvalue weighted by Crippen LogP contribution is -1.94. The summed E-state index contributed by atoms with van der Waals surface area (Å²) >= 11 is 3.28. The zero-order valence-corrected chi connectivity index (χ0v) is 11.5. The Morgan fingerprint density at radius 1 is 1.32 bits per heavy atom. The van der Waals surface area contributed by atoms with E-state index in [4.69, 9.17) is 9.47 Å². The fourth-order valence-corrected chi connectivity index (χ4v) is 1.78. The van der Waals surface area contributed by atoms with Crippen LogP contribution < -0.4 is 9.47 Å². The van der Waals surface area contributed by atoms with Gasteiger partial charge < -0.3 is 9.47 Å². The maximum Gasteiger partial charge on any atom is 0.314 e. The fourth-order valence-electron chi connectivity index (χ4n) is 1.45. The molecule has 0 N–H and O–H groups in total. The average molecular weight is 325 g/mol. The molecular weight excluding hydrogens is 316 g/mol. The molecule has 0 aliphatic carbocycles. The van der Waals surface area contributed by atoms with Gasteiger partial charge in [-0.2, -0.15) is 0 Å². The molecule has 6 nitrogen and oxygen atoms in total. The van der Waals surface area contributed by atoms with Crippen LogP contribution in [0.15, 0.2) is 41.1 Å². The van der Waals surface area contributed by atoms with Crippen LogP contribution in [-0.2, 0) is 0 Å². The summed E-state index contributed by atoms with van der Waals surface area (Å²) in [5.74, 6) is 1.06. The smallest absolute Gasteiger partial charge is 0.314 e. The van der Waals surface area contributed by atoms with E-state index in [1.165, 1.54) is 19.2 Å². The number of nitro benzene ring substituents is 1. The lowest BCUT2D eigenvalue weighted by atomic mass is 10.3. The highest BCUT2D eigenvalue weighted by molar-refractivity contribution is 9.10. The molecule has 0 aliphatic heterocycles. The van der Waals surface area contributed by atoms with Gasteiger partial charge in [0.1, 0.15) is 11.5 Å². The first-order chi connectivity index (χ1) is 9.11. The van der Waals surface area contributed by atoms with E-state index in [2.05, 4.69) is 20.9 Å². The molecule has 19 heavy (non-hydrogen) atoms. The van der Waals surface area contributed by atoms with Gasteiger partial charge in [0.25, 0.3) is 0 Å². The molecule has 98 valence electrons. The number of benzene rings is 1. The van der Waals surface area contributed by atoms with E-state index in [0.717, 1.165) is 0 Å². The van der Waals surface area contributed by atoms with Crippen LogP contribution in [0.4, 0.5) is 5.69 Å². The summed E-state index contributed by atoms with van der Waals surface area (Å²) in [4.78, 5) is 14.3. The Kier molecular flexibility index (Phi) is 3.96. The third-order valence-electron chi connectivity index (χ3n) is 2.31. The van der Waals surface area contributed by atoms with E-state index in [-0.39, 0.29) is 11.4 Å². The van der Waals surface area contributed by atoms with Gasteiger partial charge >= 0.3 is 5.69 Å². The van der Waals surface area contributed by atoms with Crippen molar-refractivity contribution in [3.8, 4) is 17.2 Å². The van der Waals surface area contributed by atoms with Gasteiger partial charge in [-0.1, -0.05) is 0 Å². The van der Waals surface area contributed by atoms with E-state index in [0.29, 0.717) is 16.0 Å². The molecule has 0 saturated heterocycles. The number of methoxy groups -OCH3 is 1. The molecule has 1 aromatic carbocycles. The van der Waals surface area contributed by atoms with Gasteiger partial charge in [-0.15, -0.1) is 0 Å². The maximum atomic E-state index is 10.9. The minimum atomic E-state index is -0.521. The summed E-state index contributed by atoms with van der Waals surface area (Å²) in [5.41, 5.74) is -0.148. The molecule has 0 spiro atoms. The number of rotatable bonds is 4. The van der Waals surface area contributed by atoms with Gasteiger partial charge in [-0.3, -0.25) is 15.1 Å². The van der Waals surface area contributed by atoms with Crippen molar-refractivity contribution in [1.29, 1.82) is 0 Å². The highest BCUT2D eigenvalue weighted by atomic mass is 79.9. The van der Waals surface area contributed by atoms with E-state index in [1.54, 1.807) is 24.5 Å². The number of aromatic nitrogens is 1. The van der Waals surface area contributed by atoms with Gasteiger partial charge in [-0.05, 0) is 28.1 Å². The Bertz CT molecular complexity index is 618. The van der Waals surface area contributed by atoms with E-state index in [1.807, 2.05) is 0 Å². The van der Waals surface area contributed by atoms with Crippen molar-refractivity contribution in [2.24, 2.45) is 0 Å². The van der Waals surface area contributed by atoms with Crippen LogP contribution in [0, 0.1) is 10.1 Å². The summed E-state index contributed by atoms with van der Waals surface area (Å²) < 4.78 is 11.1. The second-order valence-electron chi connectivity index (χ2n) is 3.50. The van der Waals surface area contributed by atoms with Crippen molar-refractivity contribution in [3.05, 3.63) is 51.2 Å². The highest BCUT2D eigenvalue weighted by Gasteiger charge is 2.16. The minimum Gasteiger partial charge on any atom is -0.490 e. The summed E-state index contributed by atoms with van der Waals surface area (Å²) in [6.45, 7) is 0. The zero-order chi connectivity index (χ0) is 13.8. The van der Waals surface area contributed by atoms with Crippen molar-refractivity contribution in [3.63, 3.8) is 0 Å². The first-order valence-corrected chi connectivity index (χ1v) is 6.01. The summed E-state index contributed by atoms with van der Waals surface area (Å²) in [6, 6.07) is 6.05. The van der Waals surface area contributed by atoms with Crippen molar-refractivity contribution < 1.29 is 14.4 Å². The molecule has 0 aliphatic rings. The lowest BCUT2D eigenvalue weighted by Gasteiger charge is -2.08. The number of pyridine rings is 1. The molecule has 7 heteroatoms. The average Bonchev–Trinajstić information content (AvgIpc) is 2.41. The molecule has 0 bridgehead atoms. The van der Waals surface area contributed by atoms with Gasteiger partial charge in [-0.25, -0.2) is 0 Å². The van der Waals surface area contributed by atoms with Gasteiger partial charge in [0.15, 0.2) is 5.75 Å². The molecule has 1 heterocycles. The number of halogens is 1. The van der Waals surface area contributed by atoms with Crippen molar-refractivity contribution >= 4 is 21.6 Å². The molecule has 0 saturated carbocycles. The summed E-state index contributed by atoms with van der Waals surface area (Å²) in [6.07, 6.45) is 3.14. The number of ether oxygens (including phenoxy) is 2. The minimum absolute atomic E-state index is 0.148. The summed E-state index contributed by atoms with van der Waals surface area (Å²) in [5, 5.41) is 10.9. The fraction of sp³-hybridized carbons (Fsp3) is 0.0833. The predicted molar refractivity (Wildman–Crippen MR) is 71.7 cm³/mol. The highest BCUT2D eigenvalue weighted by Crippen LogP contribution is 2.34. The number of nitrogens with zero attached hydrogens (tertiary/aromatic N) is 2. The maximum absolute atomic E-state index is 10.9. The third-order valence-corrected chi connectivity index (χ3v) is 2.91. The molecule has 0 radical (unpaired) electrons. The Morgan fingerprint density at radius 2 is 2.11 bits per heavy atom. The Balaban J connectivity index is 2.34. The van der Waals surface area contributed by atoms with E-state index >= 15 is 0 Å². The van der Waals surface area contributed by atoms with Crippen LogP contribution in [0.2, 0.25) is 0 Å². The van der Waals surface area contributed by atoms with Crippen LogP contribution in [0.25, 0.3) is 0 Å². The number of hydrogen-bond donors (Lipinski definition) is 0. The van der Waals surface area contributed by atoms with Crippen LogP contribution in [0.5, 0.6) is 17.2 Å². The second kappa shape index (κ2) is 5.66. The van der Waals surface area contributed by atoms with Crippen molar-refractivity contribution in [2.75, 3.05) is 7.11 Å². The molecule has 0 unspecified atom stereocenters. The van der Waals surface area contributed by atoms with Crippen molar-refractivity contribution in [1.82, 2.24) is 4.98 Å². The predicted octanol–water partition coefficient (Wildman–Crippen LogP) is 3.55. The van der Waals surface area contributed by atoms with Gasteiger partial charge in [0, 0.05) is 18.5 Å². The first kappa shape index (κ1) is 13.3. The molecule has 2 rings (SSSR count). The van der Waals surface area contributed by atoms with Gasteiger partial charge in [0.05, 0.1) is 22.6 Å². The zero-order valence-electron chi connectivity index (χ0n) is 9.87. The largest absolute Gasteiger partial charge is 0.490 e. The van der Waals surface area contributed by atoms with Crippen LogP contribution in [-0.4, -0.2) is 17.0 Å². The standard InChI is InChI=1S/C12H9BrN2O4/c1-18-12-3-2-8(6-10(12)15(16)17)19-11-4-5-14-7-9(11)13/h2-7H,1H3. The summed E-state index contributed by atoms with van der Waals surface area (Å²) in [7, 11) is 1.38. The Labute approximate surface area is 117 Å². The SMILES string of the molecule is COc1ccc(Oc2ccncc2Br)cc1[N+](=O)[O-]. The quantitative estimate of drug-likeness (QED) is 0.635. The van der Waals surface area contributed by atoms with Crippen LogP contribution in [0.1, 0.15) is 0 Å². The van der Waals surface area contributed by atoms with Crippen LogP contribution in [0.3, 0.4) is 0 Å². The second-order valence-corrected chi connectivity index (χ2v) is 4.35. The monoisotopic (exact) mass is 324 g/mol. The third kappa shape index (κ3) is 3.00. The van der Waals surface area contributed by atoms with E-state index in [9.17, 15) is 10.1 Å². The topological polar surface area (TPSA) is 74.5 Å². The Morgan fingerprint density at radius 3 is 2.74 bits per heavy atom.